The lowest BCUT2D eigenvalue weighted by Gasteiger charge is -2.19. The molecule has 0 aliphatic carbocycles. The molecule has 0 saturated carbocycles. The molecular weight excluding hydrogens is 285 g/mol. The quantitative estimate of drug-likeness (QED) is 0.843. The number of nitrogens with one attached hydrogen (secondary N) is 1. The van der Waals surface area contributed by atoms with Gasteiger partial charge in [-0.15, -0.1) is 0 Å². The van der Waals surface area contributed by atoms with Crippen LogP contribution in [0.25, 0.3) is 0 Å². The first-order valence-electron chi connectivity index (χ1n) is 5.05. The van der Waals surface area contributed by atoms with Crippen molar-refractivity contribution in [2.75, 3.05) is 7.05 Å². The van der Waals surface area contributed by atoms with E-state index in [4.69, 9.17) is 0 Å². The molecular formula is C12H18IN. The van der Waals surface area contributed by atoms with E-state index >= 15 is 0 Å². The third-order valence-corrected chi connectivity index (χ3v) is 3.50. The Kier molecular flexibility index (Phi) is 4.89. The van der Waals surface area contributed by atoms with Crippen LogP contribution < -0.4 is 5.32 Å². The number of hydrogen-bond acceptors (Lipinski definition) is 1. The van der Waals surface area contributed by atoms with E-state index in [2.05, 4.69) is 66.0 Å². The van der Waals surface area contributed by atoms with E-state index in [-0.39, 0.29) is 0 Å². The van der Waals surface area contributed by atoms with Crippen LogP contribution in [0.2, 0.25) is 0 Å². The molecule has 78 valence electrons. The van der Waals surface area contributed by atoms with Gasteiger partial charge in [0.15, 0.2) is 0 Å². The van der Waals surface area contributed by atoms with E-state index in [0.717, 1.165) is 6.42 Å². The molecule has 0 radical (unpaired) electrons. The Balaban J connectivity index is 2.56. The summed E-state index contributed by atoms with van der Waals surface area (Å²) in [5.41, 5.74) is 1.43. The van der Waals surface area contributed by atoms with Crippen LogP contribution >= 0.6 is 22.6 Å². The number of halogens is 1. The molecule has 0 saturated heterocycles. The highest BCUT2D eigenvalue weighted by molar-refractivity contribution is 14.1. The van der Waals surface area contributed by atoms with Gasteiger partial charge in [-0.25, -0.2) is 0 Å². The molecule has 2 atom stereocenters. The average Bonchev–Trinajstić information content (AvgIpc) is 2.20. The Hall–Kier alpha value is -0.0900. The molecule has 1 nitrogen and oxygen atoms in total. The molecule has 2 heteroatoms. The Morgan fingerprint density at radius 3 is 2.29 bits per heavy atom. The van der Waals surface area contributed by atoms with Gasteiger partial charge in [-0.05, 0) is 66.6 Å². The SMILES string of the molecule is CNC(C)C(C)Cc1ccc(I)cc1. The van der Waals surface area contributed by atoms with E-state index in [0.29, 0.717) is 12.0 Å². The second kappa shape index (κ2) is 5.71. The summed E-state index contributed by atoms with van der Waals surface area (Å²) in [6.07, 6.45) is 1.15. The zero-order chi connectivity index (χ0) is 10.6. The fraction of sp³-hybridized carbons (Fsp3) is 0.500. The van der Waals surface area contributed by atoms with Gasteiger partial charge in [-0.2, -0.15) is 0 Å². The van der Waals surface area contributed by atoms with Crippen molar-refractivity contribution in [3.05, 3.63) is 33.4 Å². The molecule has 0 fully saturated rings. The summed E-state index contributed by atoms with van der Waals surface area (Å²) in [5, 5.41) is 3.29. The van der Waals surface area contributed by atoms with E-state index in [1.807, 2.05) is 7.05 Å². The highest BCUT2D eigenvalue weighted by Gasteiger charge is 2.10. The van der Waals surface area contributed by atoms with E-state index < -0.39 is 0 Å². The van der Waals surface area contributed by atoms with Gasteiger partial charge in [0, 0.05) is 9.61 Å². The Morgan fingerprint density at radius 2 is 1.79 bits per heavy atom. The van der Waals surface area contributed by atoms with Gasteiger partial charge >= 0.3 is 0 Å². The van der Waals surface area contributed by atoms with E-state index in [1.165, 1.54) is 9.13 Å². The molecule has 0 amide bonds. The fourth-order valence-electron chi connectivity index (χ4n) is 1.45. The Labute approximate surface area is 100 Å². The molecule has 1 aromatic carbocycles. The normalized spacial score (nSPS) is 15.1. The smallest absolute Gasteiger partial charge is 0.0130 e. The van der Waals surface area contributed by atoms with Crippen LogP contribution in [0.15, 0.2) is 24.3 Å². The van der Waals surface area contributed by atoms with Gasteiger partial charge in [0.05, 0.1) is 0 Å². The number of rotatable bonds is 4. The van der Waals surface area contributed by atoms with Crippen molar-refractivity contribution in [1.29, 1.82) is 0 Å². The maximum Gasteiger partial charge on any atom is 0.0130 e. The molecule has 0 bridgehead atoms. The molecule has 0 spiro atoms. The second-order valence-corrected chi connectivity index (χ2v) is 5.13. The molecule has 1 rings (SSSR count). The summed E-state index contributed by atoms with van der Waals surface area (Å²) in [6.45, 7) is 4.52. The molecule has 0 heterocycles. The molecule has 14 heavy (non-hydrogen) atoms. The minimum absolute atomic E-state index is 0.578. The first-order chi connectivity index (χ1) is 6.63. The van der Waals surface area contributed by atoms with Gasteiger partial charge < -0.3 is 5.32 Å². The largest absolute Gasteiger partial charge is 0.317 e. The predicted molar refractivity (Wildman–Crippen MR) is 70.5 cm³/mol. The van der Waals surface area contributed by atoms with Crippen molar-refractivity contribution in [2.45, 2.75) is 26.3 Å². The minimum Gasteiger partial charge on any atom is -0.317 e. The highest BCUT2D eigenvalue weighted by atomic mass is 127. The summed E-state index contributed by atoms with van der Waals surface area (Å²) >= 11 is 2.34. The third-order valence-electron chi connectivity index (χ3n) is 2.78. The third kappa shape index (κ3) is 3.58. The predicted octanol–water partition coefficient (Wildman–Crippen LogP) is 3.08. The first kappa shape index (κ1) is 12.0. The van der Waals surface area contributed by atoms with Gasteiger partial charge in [0.25, 0.3) is 0 Å². The molecule has 0 aromatic heterocycles. The van der Waals surface area contributed by atoms with Crippen LogP contribution in [0.1, 0.15) is 19.4 Å². The molecule has 0 aliphatic heterocycles. The number of benzene rings is 1. The number of hydrogen-bond donors (Lipinski definition) is 1. The minimum atomic E-state index is 0.578. The topological polar surface area (TPSA) is 12.0 Å². The maximum atomic E-state index is 3.29. The van der Waals surface area contributed by atoms with Crippen molar-refractivity contribution < 1.29 is 0 Å². The monoisotopic (exact) mass is 303 g/mol. The van der Waals surface area contributed by atoms with E-state index in [1.54, 1.807) is 0 Å². The Bertz CT molecular complexity index is 268. The zero-order valence-electron chi connectivity index (χ0n) is 9.05. The van der Waals surface area contributed by atoms with Crippen LogP contribution in [-0.2, 0) is 6.42 Å². The molecule has 1 aromatic rings. The second-order valence-electron chi connectivity index (χ2n) is 3.89. The lowest BCUT2D eigenvalue weighted by Crippen LogP contribution is -2.29. The van der Waals surface area contributed by atoms with Gasteiger partial charge in [0.2, 0.25) is 0 Å². The van der Waals surface area contributed by atoms with Crippen LogP contribution in [0.3, 0.4) is 0 Å². The summed E-state index contributed by atoms with van der Waals surface area (Å²) in [4.78, 5) is 0. The van der Waals surface area contributed by atoms with Crippen molar-refractivity contribution in [1.82, 2.24) is 5.32 Å². The van der Waals surface area contributed by atoms with Gasteiger partial charge in [-0.3, -0.25) is 0 Å². The highest BCUT2D eigenvalue weighted by Crippen LogP contribution is 2.13. The standard InChI is InChI=1S/C12H18IN/c1-9(10(2)14-3)8-11-4-6-12(13)7-5-11/h4-7,9-10,14H,8H2,1-3H3. The molecule has 1 N–H and O–H groups in total. The Morgan fingerprint density at radius 1 is 1.21 bits per heavy atom. The lowest BCUT2D eigenvalue weighted by molar-refractivity contribution is 0.424. The first-order valence-corrected chi connectivity index (χ1v) is 6.13. The van der Waals surface area contributed by atoms with E-state index in [9.17, 15) is 0 Å². The van der Waals surface area contributed by atoms with Gasteiger partial charge in [0.1, 0.15) is 0 Å². The van der Waals surface area contributed by atoms with Crippen LogP contribution in [0, 0.1) is 9.49 Å². The van der Waals surface area contributed by atoms with Crippen molar-refractivity contribution in [2.24, 2.45) is 5.92 Å². The van der Waals surface area contributed by atoms with Gasteiger partial charge in [-0.1, -0.05) is 19.1 Å². The summed E-state index contributed by atoms with van der Waals surface area (Å²) in [6, 6.07) is 9.37. The zero-order valence-corrected chi connectivity index (χ0v) is 11.2. The van der Waals surface area contributed by atoms with Crippen LogP contribution in [0.5, 0.6) is 0 Å². The maximum absolute atomic E-state index is 3.29. The summed E-state index contributed by atoms with van der Waals surface area (Å²) in [7, 11) is 2.02. The molecule has 2 unspecified atom stereocenters. The van der Waals surface area contributed by atoms with Crippen molar-refractivity contribution in [3.63, 3.8) is 0 Å². The lowest BCUT2D eigenvalue weighted by atomic mass is 9.95. The fourth-order valence-corrected chi connectivity index (χ4v) is 1.81. The van der Waals surface area contributed by atoms with Crippen LogP contribution in [0.4, 0.5) is 0 Å². The van der Waals surface area contributed by atoms with Crippen LogP contribution in [-0.4, -0.2) is 13.1 Å². The van der Waals surface area contributed by atoms with Crippen molar-refractivity contribution >= 4 is 22.6 Å². The summed E-state index contributed by atoms with van der Waals surface area (Å²) < 4.78 is 1.31. The van der Waals surface area contributed by atoms with Crippen molar-refractivity contribution in [3.8, 4) is 0 Å². The summed E-state index contributed by atoms with van der Waals surface area (Å²) in [5.74, 6) is 0.681. The molecule has 0 aliphatic rings. The average molecular weight is 303 g/mol.